The lowest BCUT2D eigenvalue weighted by molar-refractivity contribution is -0.385. The largest absolute Gasteiger partial charge is 0.507 e. The predicted octanol–water partition coefficient (Wildman–Crippen LogP) is 7.25. The van der Waals surface area contributed by atoms with Crippen LogP contribution in [0.15, 0.2) is 109 Å². The van der Waals surface area contributed by atoms with Crippen molar-refractivity contribution in [3.63, 3.8) is 0 Å². The van der Waals surface area contributed by atoms with Crippen molar-refractivity contribution in [2.24, 2.45) is 0 Å². The van der Waals surface area contributed by atoms with Crippen LogP contribution < -0.4 is 4.74 Å². The first-order valence-electron chi connectivity index (χ1n) is 12.1. The van der Waals surface area contributed by atoms with E-state index in [-0.39, 0.29) is 39.4 Å². The molecule has 0 fully saturated rings. The van der Waals surface area contributed by atoms with Gasteiger partial charge in [-0.05, 0) is 35.4 Å². The predicted molar refractivity (Wildman–Crippen MR) is 149 cm³/mol. The monoisotopic (exact) mass is 517 g/mol. The highest BCUT2D eigenvalue weighted by atomic mass is 16.6. The second-order valence-corrected chi connectivity index (χ2v) is 8.79. The van der Waals surface area contributed by atoms with Crippen LogP contribution in [0.5, 0.6) is 17.2 Å². The third kappa shape index (κ3) is 4.69. The Labute approximate surface area is 224 Å². The van der Waals surface area contributed by atoms with E-state index in [4.69, 9.17) is 4.74 Å². The molecule has 0 bridgehead atoms. The summed E-state index contributed by atoms with van der Waals surface area (Å²) in [5.74, 6) is -0.511. The number of carbonyl (C=O) groups excluding carboxylic acids is 1. The van der Waals surface area contributed by atoms with Gasteiger partial charge in [-0.25, -0.2) is 0 Å². The van der Waals surface area contributed by atoms with Gasteiger partial charge in [0.25, 0.3) is 5.69 Å². The zero-order chi connectivity index (χ0) is 27.5. The molecule has 2 N–H and O–H groups in total. The van der Waals surface area contributed by atoms with E-state index < -0.39 is 10.7 Å². The van der Waals surface area contributed by atoms with Gasteiger partial charge in [0.2, 0.25) is 5.78 Å². The number of methoxy groups -OCH3 is 1. The van der Waals surface area contributed by atoms with Gasteiger partial charge in [0.15, 0.2) is 0 Å². The van der Waals surface area contributed by atoms with Crippen LogP contribution >= 0.6 is 0 Å². The van der Waals surface area contributed by atoms with Crippen molar-refractivity contribution in [2.45, 2.75) is 0 Å². The molecule has 0 atom stereocenters. The van der Waals surface area contributed by atoms with E-state index in [2.05, 4.69) is 0 Å². The highest BCUT2D eigenvalue weighted by Gasteiger charge is 2.29. The zero-order valence-corrected chi connectivity index (χ0v) is 20.9. The Bertz CT molecular complexity index is 1700. The maximum atomic E-state index is 14.2. The maximum absolute atomic E-state index is 14.2. The molecular formula is C32H23NO6. The molecule has 0 heterocycles. The Balaban J connectivity index is 1.93. The third-order valence-corrected chi connectivity index (χ3v) is 6.51. The van der Waals surface area contributed by atoms with Gasteiger partial charge in [0, 0.05) is 39.9 Å². The molecule has 0 unspecified atom stereocenters. The van der Waals surface area contributed by atoms with Crippen molar-refractivity contribution in [1.29, 1.82) is 0 Å². The van der Waals surface area contributed by atoms with Gasteiger partial charge in [-0.15, -0.1) is 0 Å². The molecular weight excluding hydrogens is 494 g/mol. The molecule has 5 rings (SSSR count). The number of hydrogen-bond acceptors (Lipinski definition) is 6. The van der Waals surface area contributed by atoms with E-state index in [9.17, 15) is 25.1 Å². The number of ketones is 1. The molecule has 0 spiro atoms. The molecule has 192 valence electrons. The number of ether oxygens (including phenoxy) is 1. The van der Waals surface area contributed by atoms with Gasteiger partial charge in [0.1, 0.15) is 22.8 Å². The summed E-state index contributed by atoms with van der Waals surface area (Å²) >= 11 is 0. The zero-order valence-electron chi connectivity index (χ0n) is 20.9. The number of phenolic OH excluding ortho intramolecular Hbond substituents is 2. The number of nitrogens with zero attached hydrogens (tertiary/aromatic N) is 1. The molecule has 39 heavy (non-hydrogen) atoms. The Morgan fingerprint density at radius 3 is 1.95 bits per heavy atom. The number of phenols is 2. The number of aromatic hydroxyl groups is 2. The number of carbonyl (C=O) groups is 1. The summed E-state index contributed by atoms with van der Waals surface area (Å²) in [6, 6.07) is 29.9. The minimum absolute atomic E-state index is 0.0836. The van der Waals surface area contributed by atoms with Crippen LogP contribution in [0.3, 0.4) is 0 Å². The quantitative estimate of drug-likeness (QED) is 0.134. The third-order valence-electron chi connectivity index (χ3n) is 6.51. The average molecular weight is 518 g/mol. The topological polar surface area (TPSA) is 110 Å². The van der Waals surface area contributed by atoms with Crippen LogP contribution in [0.2, 0.25) is 0 Å². The van der Waals surface area contributed by atoms with Crippen molar-refractivity contribution in [3.8, 4) is 50.6 Å². The van der Waals surface area contributed by atoms with Gasteiger partial charge in [0.05, 0.1) is 12.0 Å². The molecule has 0 saturated heterocycles. The van der Waals surface area contributed by atoms with Crippen molar-refractivity contribution in [3.05, 3.63) is 130 Å². The summed E-state index contributed by atoms with van der Waals surface area (Å²) in [5, 5.41) is 34.6. The molecule has 0 aliphatic carbocycles. The fourth-order valence-electron chi connectivity index (χ4n) is 4.67. The molecule has 0 aromatic heterocycles. The van der Waals surface area contributed by atoms with Crippen LogP contribution in [0.4, 0.5) is 5.69 Å². The number of nitro benzene ring substituents is 1. The van der Waals surface area contributed by atoms with Crippen molar-refractivity contribution in [1.82, 2.24) is 0 Å². The maximum Gasteiger partial charge on any atom is 0.280 e. The minimum Gasteiger partial charge on any atom is -0.507 e. The Hall–Kier alpha value is -5.43. The SMILES string of the molecule is COc1ccc(-c2c(C(=O)c3ccccc3[N+](=O)[O-])cc(-c3ccccc3)c(O)c2-c2ccccc2)c(O)c1. The molecule has 0 saturated carbocycles. The van der Waals surface area contributed by atoms with E-state index in [1.165, 1.54) is 37.4 Å². The molecule has 0 aliphatic heterocycles. The standard InChI is InChI=1S/C32H23NO6/c1-39-22-16-17-24(28(34)18-22)30-26(31(35)23-14-8-9-15-27(23)33(37)38)19-25(20-10-4-2-5-11-20)32(36)29(30)21-12-6-3-7-13-21/h2-19,34,36H,1H3. The lowest BCUT2D eigenvalue weighted by Crippen LogP contribution is -2.09. The van der Waals surface area contributed by atoms with E-state index in [0.717, 1.165) is 0 Å². The number of nitro groups is 1. The molecule has 0 radical (unpaired) electrons. The van der Waals surface area contributed by atoms with Crippen LogP contribution in [-0.4, -0.2) is 28.0 Å². The van der Waals surface area contributed by atoms with Crippen LogP contribution in [0.1, 0.15) is 15.9 Å². The van der Waals surface area contributed by atoms with Crippen LogP contribution in [0.25, 0.3) is 33.4 Å². The van der Waals surface area contributed by atoms with Crippen molar-refractivity contribution in [2.75, 3.05) is 7.11 Å². The molecule has 0 aliphatic rings. The van der Waals surface area contributed by atoms with Gasteiger partial charge >= 0.3 is 0 Å². The van der Waals surface area contributed by atoms with Crippen molar-refractivity contribution >= 4 is 11.5 Å². The van der Waals surface area contributed by atoms with Crippen molar-refractivity contribution < 1.29 is 24.7 Å². The van der Waals surface area contributed by atoms with E-state index in [1.54, 1.807) is 54.6 Å². The summed E-state index contributed by atoms with van der Waals surface area (Å²) in [4.78, 5) is 25.4. The smallest absolute Gasteiger partial charge is 0.280 e. The first-order chi connectivity index (χ1) is 18.9. The van der Waals surface area contributed by atoms with E-state index in [0.29, 0.717) is 28.0 Å². The Morgan fingerprint density at radius 2 is 1.33 bits per heavy atom. The van der Waals surface area contributed by atoms with E-state index in [1.807, 2.05) is 24.3 Å². The van der Waals surface area contributed by atoms with Crippen LogP contribution in [-0.2, 0) is 0 Å². The Kier molecular flexibility index (Phi) is 6.80. The van der Waals surface area contributed by atoms with Gasteiger partial charge in [-0.1, -0.05) is 72.8 Å². The number of para-hydroxylation sites is 1. The molecule has 0 amide bonds. The summed E-state index contributed by atoms with van der Waals surface area (Å²) < 4.78 is 5.24. The number of hydrogen-bond donors (Lipinski definition) is 2. The van der Waals surface area contributed by atoms with Gasteiger partial charge in [-0.2, -0.15) is 0 Å². The van der Waals surface area contributed by atoms with Gasteiger partial charge in [-0.3, -0.25) is 14.9 Å². The van der Waals surface area contributed by atoms with E-state index >= 15 is 0 Å². The highest BCUT2D eigenvalue weighted by Crippen LogP contribution is 2.49. The minimum atomic E-state index is -0.623. The molecule has 7 heteroatoms. The average Bonchev–Trinajstić information content (AvgIpc) is 2.97. The molecule has 5 aromatic rings. The summed E-state index contributed by atoms with van der Waals surface area (Å²) in [6.45, 7) is 0. The summed E-state index contributed by atoms with van der Waals surface area (Å²) in [5.41, 5.74) is 2.04. The second kappa shape index (κ2) is 10.5. The molecule has 5 aromatic carbocycles. The van der Waals surface area contributed by atoms with Gasteiger partial charge < -0.3 is 14.9 Å². The number of benzene rings is 5. The fraction of sp³-hybridized carbons (Fsp3) is 0.0312. The van der Waals surface area contributed by atoms with Crippen LogP contribution in [0, 0.1) is 10.1 Å². The lowest BCUT2D eigenvalue weighted by Gasteiger charge is -2.21. The highest BCUT2D eigenvalue weighted by molar-refractivity contribution is 6.18. The first-order valence-corrected chi connectivity index (χ1v) is 12.1. The number of rotatable bonds is 7. The second-order valence-electron chi connectivity index (χ2n) is 8.79. The fourth-order valence-corrected chi connectivity index (χ4v) is 4.67. The normalized spacial score (nSPS) is 10.7. The first kappa shape index (κ1) is 25.2. The summed E-state index contributed by atoms with van der Waals surface area (Å²) in [7, 11) is 1.47. The summed E-state index contributed by atoms with van der Waals surface area (Å²) in [6.07, 6.45) is 0. The molecule has 7 nitrogen and oxygen atoms in total. The Morgan fingerprint density at radius 1 is 0.718 bits per heavy atom. The lowest BCUT2D eigenvalue weighted by atomic mass is 9.83.